The monoisotopic (exact) mass is 391 g/mol. The second kappa shape index (κ2) is 8.54. The van der Waals surface area contributed by atoms with Gasteiger partial charge in [-0.15, -0.1) is 0 Å². The minimum atomic E-state index is -3.71. The molecule has 0 saturated heterocycles. The highest BCUT2D eigenvalue weighted by Gasteiger charge is 2.23. The van der Waals surface area contributed by atoms with E-state index in [0.717, 1.165) is 10.6 Å². The Bertz CT molecular complexity index is 926. The van der Waals surface area contributed by atoms with E-state index in [0.29, 0.717) is 17.1 Å². The Morgan fingerprint density at radius 3 is 2.07 bits per heavy atom. The topological polar surface area (TPSA) is 105 Å². The first-order valence-corrected chi connectivity index (χ1v) is 9.84. The molecule has 0 fully saturated rings. The number of sulfonamides is 1. The highest BCUT2D eigenvalue weighted by Crippen LogP contribution is 2.29. The van der Waals surface area contributed by atoms with Gasteiger partial charge < -0.3 is 15.4 Å². The molecule has 2 aromatic rings. The quantitative estimate of drug-likeness (QED) is 0.752. The number of carbonyl (C=O) groups is 2. The Hall–Kier alpha value is -3.07. The zero-order valence-electron chi connectivity index (χ0n) is 15.2. The smallest absolute Gasteiger partial charge is 0.245 e. The van der Waals surface area contributed by atoms with Crippen LogP contribution in [0, 0.1) is 0 Å². The van der Waals surface area contributed by atoms with Gasteiger partial charge >= 0.3 is 0 Å². The maximum Gasteiger partial charge on any atom is 0.245 e. The molecule has 27 heavy (non-hydrogen) atoms. The number of nitrogens with one attached hydrogen (secondary N) is 2. The van der Waals surface area contributed by atoms with Crippen LogP contribution in [0.3, 0.4) is 0 Å². The van der Waals surface area contributed by atoms with Crippen molar-refractivity contribution in [1.82, 2.24) is 0 Å². The molecule has 0 aromatic heterocycles. The van der Waals surface area contributed by atoms with Gasteiger partial charge in [-0.1, -0.05) is 12.1 Å². The molecule has 0 bridgehead atoms. The maximum absolute atomic E-state index is 12.4. The Morgan fingerprint density at radius 1 is 1.00 bits per heavy atom. The van der Waals surface area contributed by atoms with Gasteiger partial charge in [-0.05, 0) is 36.4 Å². The third kappa shape index (κ3) is 5.71. The summed E-state index contributed by atoms with van der Waals surface area (Å²) < 4.78 is 30.5. The number of ether oxygens (including phenoxy) is 1. The Labute approximate surface area is 158 Å². The number of benzene rings is 2. The summed E-state index contributed by atoms with van der Waals surface area (Å²) in [6, 6.07) is 13.0. The molecule has 2 rings (SSSR count). The van der Waals surface area contributed by atoms with E-state index in [1.807, 2.05) is 0 Å². The van der Waals surface area contributed by atoms with Crippen LogP contribution in [0.15, 0.2) is 48.5 Å². The number of nitrogens with zero attached hydrogens (tertiary/aromatic N) is 1. The first-order valence-electron chi connectivity index (χ1n) is 7.99. The standard InChI is InChI=1S/C18H21N3O5S/c1-13(22)19-14-8-10-15(11-9-14)20-18(23)12-21(27(3,24)25)16-6-4-5-7-17(16)26-2/h4-11H,12H2,1-3H3,(H,19,22)(H,20,23). The van der Waals surface area contributed by atoms with E-state index in [2.05, 4.69) is 10.6 Å². The molecule has 8 nitrogen and oxygen atoms in total. The van der Waals surface area contributed by atoms with Crippen molar-refractivity contribution in [3.63, 3.8) is 0 Å². The SMILES string of the molecule is COc1ccccc1N(CC(=O)Nc1ccc(NC(C)=O)cc1)S(C)(=O)=O. The molecule has 0 spiro atoms. The van der Waals surface area contributed by atoms with Crippen LogP contribution in [0.4, 0.5) is 17.1 Å². The normalized spacial score (nSPS) is 10.8. The summed E-state index contributed by atoms with van der Waals surface area (Å²) in [7, 11) is -2.29. The highest BCUT2D eigenvalue weighted by molar-refractivity contribution is 7.92. The number of amides is 2. The van der Waals surface area contributed by atoms with E-state index < -0.39 is 22.5 Å². The van der Waals surface area contributed by atoms with Gasteiger partial charge in [-0.2, -0.15) is 0 Å². The van der Waals surface area contributed by atoms with E-state index >= 15 is 0 Å². The molecule has 2 aromatic carbocycles. The number of para-hydroxylation sites is 2. The van der Waals surface area contributed by atoms with E-state index in [1.165, 1.54) is 14.0 Å². The van der Waals surface area contributed by atoms with Gasteiger partial charge in [-0.25, -0.2) is 8.42 Å². The van der Waals surface area contributed by atoms with Crippen LogP contribution in [0.2, 0.25) is 0 Å². The van der Waals surface area contributed by atoms with Gasteiger partial charge in [0.25, 0.3) is 0 Å². The number of methoxy groups -OCH3 is 1. The first-order chi connectivity index (χ1) is 12.7. The number of carbonyl (C=O) groups excluding carboxylic acids is 2. The van der Waals surface area contributed by atoms with Gasteiger partial charge in [0.2, 0.25) is 21.8 Å². The number of hydrogen-bond acceptors (Lipinski definition) is 5. The fourth-order valence-electron chi connectivity index (χ4n) is 2.39. The molecule has 0 saturated carbocycles. The van der Waals surface area contributed by atoms with E-state index in [4.69, 9.17) is 4.74 Å². The molecular weight excluding hydrogens is 370 g/mol. The van der Waals surface area contributed by atoms with Gasteiger partial charge in [0.15, 0.2) is 0 Å². The summed E-state index contributed by atoms with van der Waals surface area (Å²) in [5.74, 6) is -0.374. The Balaban J connectivity index is 2.16. The maximum atomic E-state index is 12.4. The molecular formula is C18H21N3O5S. The van der Waals surface area contributed by atoms with Crippen LogP contribution in [0.1, 0.15) is 6.92 Å². The third-order valence-electron chi connectivity index (χ3n) is 3.53. The van der Waals surface area contributed by atoms with Crippen molar-refractivity contribution >= 4 is 38.9 Å². The molecule has 144 valence electrons. The molecule has 9 heteroatoms. The van der Waals surface area contributed by atoms with Crippen molar-refractivity contribution in [1.29, 1.82) is 0 Å². The molecule has 0 unspecified atom stereocenters. The summed E-state index contributed by atoms with van der Waals surface area (Å²) in [6.45, 7) is 0.986. The summed E-state index contributed by atoms with van der Waals surface area (Å²) in [6.07, 6.45) is 1.02. The molecule has 0 aliphatic heterocycles. The lowest BCUT2D eigenvalue weighted by atomic mass is 10.2. The number of anilines is 3. The fourth-order valence-corrected chi connectivity index (χ4v) is 3.25. The van der Waals surface area contributed by atoms with Crippen molar-refractivity contribution in [3.05, 3.63) is 48.5 Å². The summed E-state index contributed by atoms with van der Waals surface area (Å²) in [5, 5.41) is 5.25. The summed E-state index contributed by atoms with van der Waals surface area (Å²) in [5.41, 5.74) is 1.34. The van der Waals surface area contributed by atoms with Gasteiger partial charge in [0.05, 0.1) is 19.1 Å². The van der Waals surface area contributed by atoms with Gasteiger partial charge in [0, 0.05) is 18.3 Å². The Kier molecular flexibility index (Phi) is 6.40. The summed E-state index contributed by atoms with van der Waals surface area (Å²) in [4.78, 5) is 23.4. The minimum Gasteiger partial charge on any atom is -0.495 e. The van der Waals surface area contributed by atoms with Crippen molar-refractivity contribution in [2.45, 2.75) is 6.92 Å². The van der Waals surface area contributed by atoms with Crippen molar-refractivity contribution < 1.29 is 22.7 Å². The fraction of sp³-hybridized carbons (Fsp3) is 0.222. The van der Waals surface area contributed by atoms with E-state index in [-0.39, 0.29) is 11.6 Å². The number of rotatable bonds is 7. The molecule has 0 atom stereocenters. The predicted octanol–water partition coefficient (Wildman–Crippen LogP) is 2.06. The average Bonchev–Trinajstić information content (AvgIpc) is 2.60. The minimum absolute atomic E-state index is 0.201. The van der Waals surface area contributed by atoms with Crippen LogP contribution in [-0.4, -0.2) is 40.1 Å². The second-order valence-electron chi connectivity index (χ2n) is 5.75. The molecule has 0 radical (unpaired) electrons. The van der Waals surface area contributed by atoms with E-state index in [9.17, 15) is 18.0 Å². The van der Waals surface area contributed by atoms with Crippen molar-refractivity contribution in [3.8, 4) is 5.75 Å². The van der Waals surface area contributed by atoms with Gasteiger partial charge in [0.1, 0.15) is 12.3 Å². The molecule has 0 aliphatic rings. The van der Waals surface area contributed by atoms with E-state index in [1.54, 1.807) is 48.5 Å². The van der Waals surface area contributed by atoms with Crippen LogP contribution in [0.25, 0.3) is 0 Å². The van der Waals surface area contributed by atoms with Gasteiger partial charge in [-0.3, -0.25) is 13.9 Å². The highest BCUT2D eigenvalue weighted by atomic mass is 32.2. The predicted molar refractivity (Wildman–Crippen MR) is 105 cm³/mol. The zero-order chi connectivity index (χ0) is 20.0. The number of hydrogen-bond donors (Lipinski definition) is 2. The molecule has 2 amide bonds. The Morgan fingerprint density at radius 2 is 1.56 bits per heavy atom. The van der Waals surface area contributed by atoms with Crippen LogP contribution >= 0.6 is 0 Å². The molecule has 0 aliphatic carbocycles. The zero-order valence-corrected chi connectivity index (χ0v) is 16.0. The van der Waals surface area contributed by atoms with Crippen LogP contribution < -0.4 is 19.7 Å². The molecule has 0 heterocycles. The average molecular weight is 391 g/mol. The van der Waals surface area contributed by atoms with Crippen LogP contribution in [0.5, 0.6) is 5.75 Å². The third-order valence-corrected chi connectivity index (χ3v) is 4.66. The lowest BCUT2D eigenvalue weighted by molar-refractivity contribution is -0.115. The van der Waals surface area contributed by atoms with Crippen molar-refractivity contribution in [2.75, 3.05) is 34.8 Å². The lowest BCUT2D eigenvalue weighted by Gasteiger charge is -2.23. The largest absolute Gasteiger partial charge is 0.495 e. The second-order valence-corrected chi connectivity index (χ2v) is 7.66. The summed E-state index contributed by atoms with van der Waals surface area (Å²) >= 11 is 0. The van der Waals surface area contributed by atoms with Crippen molar-refractivity contribution in [2.24, 2.45) is 0 Å². The first kappa shape index (κ1) is 20.2. The lowest BCUT2D eigenvalue weighted by Crippen LogP contribution is -2.37. The molecule has 2 N–H and O–H groups in total. The van der Waals surface area contributed by atoms with Crippen LogP contribution in [-0.2, 0) is 19.6 Å².